The number of thiazole rings is 1. The van der Waals surface area contributed by atoms with Crippen LogP contribution in [0.25, 0.3) is 11.3 Å². The molecule has 122 valence electrons. The molecule has 0 saturated carbocycles. The Balaban J connectivity index is 2.07. The van der Waals surface area contributed by atoms with Crippen LogP contribution < -0.4 is 4.80 Å². The van der Waals surface area contributed by atoms with E-state index in [0.717, 1.165) is 16.1 Å². The largest absolute Gasteiger partial charge is 0.319 e. The Morgan fingerprint density at radius 3 is 2.42 bits per heavy atom. The molecule has 0 atom stereocenters. The SMILES string of the molecule is Cc1ccc(-c2c(C)sc(=NC(=O)c3ccccc3F)n2C)cc1. The van der Waals surface area contributed by atoms with Crippen molar-refractivity contribution in [3.8, 4) is 11.3 Å². The minimum Gasteiger partial charge on any atom is -0.319 e. The number of aromatic nitrogens is 1. The van der Waals surface area contributed by atoms with Gasteiger partial charge < -0.3 is 4.57 Å². The standard InChI is InChI=1S/C19H17FN2OS/c1-12-8-10-14(11-9-12)17-13(2)24-19(22(17)3)21-18(23)15-6-4-5-7-16(15)20/h4-11H,1-3H3. The molecule has 1 heterocycles. The fourth-order valence-electron chi connectivity index (χ4n) is 2.57. The van der Waals surface area contributed by atoms with Crippen LogP contribution in [0, 0.1) is 19.7 Å². The van der Waals surface area contributed by atoms with Crippen molar-refractivity contribution in [2.75, 3.05) is 0 Å². The van der Waals surface area contributed by atoms with E-state index in [0.29, 0.717) is 4.80 Å². The van der Waals surface area contributed by atoms with Gasteiger partial charge in [-0.1, -0.05) is 42.0 Å². The zero-order valence-corrected chi connectivity index (χ0v) is 14.5. The molecule has 0 fully saturated rings. The Labute approximate surface area is 143 Å². The molecule has 3 nitrogen and oxygen atoms in total. The molecule has 3 rings (SSSR count). The van der Waals surface area contributed by atoms with E-state index in [9.17, 15) is 9.18 Å². The van der Waals surface area contributed by atoms with Gasteiger partial charge in [0.1, 0.15) is 5.82 Å². The first-order valence-electron chi connectivity index (χ1n) is 7.54. The van der Waals surface area contributed by atoms with Crippen molar-refractivity contribution in [3.63, 3.8) is 0 Å². The first-order chi connectivity index (χ1) is 11.5. The number of aryl methyl sites for hydroxylation is 2. The summed E-state index contributed by atoms with van der Waals surface area (Å²) in [6.45, 7) is 4.03. The second-order valence-electron chi connectivity index (χ2n) is 5.61. The summed E-state index contributed by atoms with van der Waals surface area (Å²) in [5, 5.41) is 0. The number of carbonyl (C=O) groups excluding carboxylic acids is 1. The first kappa shape index (κ1) is 16.3. The lowest BCUT2D eigenvalue weighted by Gasteiger charge is -2.05. The van der Waals surface area contributed by atoms with Crippen molar-refractivity contribution >= 4 is 17.2 Å². The summed E-state index contributed by atoms with van der Waals surface area (Å²) in [6.07, 6.45) is 0. The molecule has 24 heavy (non-hydrogen) atoms. The van der Waals surface area contributed by atoms with Crippen LogP contribution in [0.1, 0.15) is 20.8 Å². The maximum atomic E-state index is 13.7. The van der Waals surface area contributed by atoms with Crippen molar-refractivity contribution in [1.82, 2.24) is 4.57 Å². The predicted molar refractivity (Wildman–Crippen MR) is 94.5 cm³/mol. The van der Waals surface area contributed by atoms with E-state index in [1.54, 1.807) is 12.1 Å². The average molecular weight is 340 g/mol. The average Bonchev–Trinajstić information content (AvgIpc) is 2.83. The van der Waals surface area contributed by atoms with Gasteiger partial charge in [-0.05, 0) is 31.5 Å². The molecule has 0 N–H and O–H groups in total. The quantitative estimate of drug-likeness (QED) is 0.687. The number of carbonyl (C=O) groups is 1. The number of rotatable bonds is 2. The highest BCUT2D eigenvalue weighted by Gasteiger charge is 2.13. The molecular formula is C19H17FN2OS. The lowest BCUT2D eigenvalue weighted by Crippen LogP contribution is -2.15. The van der Waals surface area contributed by atoms with Crippen LogP contribution in [0.15, 0.2) is 53.5 Å². The summed E-state index contributed by atoms with van der Waals surface area (Å²) in [4.78, 5) is 18.0. The van der Waals surface area contributed by atoms with Gasteiger partial charge in [-0.15, -0.1) is 11.3 Å². The van der Waals surface area contributed by atoms with E-state index in [1.807, 2.05) is 49.7 Å². The summed E-state index contributed by atoms with van der Waals surface area (Å²) in [5.74, 6) is -1.12. The van der Waals surface area contributed by atoms with Gasteiger partial charge in [0.15, 0.2) is 4.80 Å². The van der Waals surface area contributed by atoms with Gasteiger partial charge in [0, 0.05) is 11.9 Å². The second kappa shape index (κ2) is 6.53. The van der Waals surface area contributed by atoms with E-state index in [-0.39, 0.29) is 5.56 Å². The van der Waals surface area contributed by atoms with Crippen molar-refractivity contribution in [2.45, 2.75) is 13.8 Å². The van der Waals surface area contributed by atoms with Crippen molar-refractivity contribution in [3.05, 3.63) is 75.2 Å². The summed E-state index contributed by atoms with van der Waals surface area (Å²) < 4.78 is 15.6. The highest BCUT2D eigenvalue weighted by atomic mass is 32.1. The fourth-order valence-corrected chi connectivity index (χ4v) is 3.56. The zero-order valence-electron chi connectivity index (χ0n) is 13.7. The second-order valence-corrected chi connectivity index (χ2v) is 6.79. The molecule has 0 spiro atoms. The third-order valence-electron chi connectivity index (χ3n) is 3.83. The highest BCUT2D eigenvalue weighted by molar-refractivity contribution is 7.09. The van der Waals surface area contributed by atoms with Crippen LogP contribution in [0.3, 0.4) is 0 Å². The maximum absolute atomic E-state index is 13.7. The minimum absolute atomic E-state index is 0.0135. The van der Waals surface area contributed by atoms with Gasteiger partial charge in [-0.3, -0.25) is 4.79 Å². The van der Waals surface area contributed by atoms with Crippen molar-refractivity contribution in [2.24, 2.45) is 12.0 Å². The molecule has 0 saturated heterocycles. The lowest BCUT2D eigenvalue weighted by atomic mass is 10.1. The molecule has 0 radical (unpaired) electrons. The van der Waals surface area contributed by atoms with Crippen LogP contribution in [-0.4, -0.2) is 10.5 Å². The molecule has 3 aromatic rings. The molecular weight excluding hydrogens is 323 g/mol. The summed E-state index contributed by atoms with van der Waals surface area (Å²) >= 11 is 1.42. The molecule has 2 aromatic carbocycles. The van der Waals surface area contributed by atoms with E-state index >= 15 is 0 Å². The lowest BCUT2D eigenvalue weighted by molar-refractivity contribution is 0.0994. The topological polar surface area (TPSA) is 34.4 Å². The minimum atomic E-state index is -0.569. The van der Waals surface area contributed by atoms with E-state index in [1.165, 1.54) is 29.0 Å². The van der Waals surface area contributed by atoms with Crippen molar-refractivity contribution in [1.29, 1.82) is 0 Å². The predicted octanol–water partition coefficient (Wildman–Crippen LogP) is 4.25. The Hall–Kier alpha value is -2.53. The summed E-state index contributed by atoms with van der Waals surface area (Å²) in [7, 11) is 1.87. The van der Waals surface area contributed by atoms with Crippen LogP contribution in [0.5, 0.6) is 0 Å². The molecule has 1 amide bonds. The molecule has 0 aliphatic heterocycles. The maximum Gasteiger partial charge on any atom is 0.282 e. The van der Waals surface area contributed by atoms with E-state index in [2.05, 4.69) is 4.99 Å². The molecule has 0 unspecified atom stereocenters. The monoisotopic (exact) mass is 340 g/mol. The number of halogens is 1. The van der Waals surface area contributed by atoms with Gasteiger partial charge in [0.05, 0.1) is 11.3 Å². The Bertz CT molecular complexity index is 968. The number of nitrogens with zero attached hydrogens (tertiary/aromatic N) is 2. The first-order valence-corrected chi connectivity index (χ1v) is 8.36. The molecule has 0 aliphatic carbocycles. The highest BCUT2D eigenvalue weighted by Crippen LogP contribution is 2.24. The van der Waals surface area contributed by atoms with Gasteiger partial charge in [0.25, 0.3) is 5.91 Å². The third-order valence-corrected chi connectivity index (χ3v) is 4.87. The fraction of sp³-hybridized carbons (Fsp3) is 0.158. The molecule has 5 heteroatoms. The molecule has 1 aromatic heterocycles. The number of amides is 1. The summed E-state index contributed by atoms with van der Waals surface area (Å²) in [5.41, 5.74) is 3.26. The Morgan fingerprint density at radius 1 is 1.08 bits per heavy atom. The van der Waals surface area contributed by atoms with Crippen molar-refractivity contribution < 1.29 is 9.18 Å². The van der Waals surface area contributed by atoms with E-state index in [4.69, 9.17) is 0 Å². The van der Waals surface area contributed by atoms with Gasteiger partial charge in [-0.25, -0.2) is 4.39 Å². The van der Waals surface area contributed by atoms with Gasteiger partial charge in [-0.2, -0.15) is 4.99 Å². The Kier molecular flexibility index (Phi) is 4.44. The number of hydrogen-bond donors (Lipinski definition) is 0. The number of hydrogen-bond acceptors (Lipinski definition) is 2. The van der Waals surface area contributed by atoms with Crippen LogP contribution >= 0.6 is 11.3 Å². The third kappa shape index (κ3) is 3.08. The van der Waals surface area contributed by atoms with Crippen LogP contribution in [0.4, 0.5) is 4.39 Å². The van der Waals surface area contributed by atoms with E-state index < -0.39 is 11.7 Å². The smallest absolute Gasteiger partial charge is 0.282 e. The molecule has 0 bridgehead atoms. The zero-order chi connectivity index (χ0) is 17.3. The Morgan fingerprint density at radius 2 is 1.75 bits per heavy atom. The summed E-state index contributed by atoms with van der Waals surface area (Å²) in [6, 6.07) is 14.1. The van der Waals surface area contributed by atoms with Gasteiger partial charge >= 0.3 is 0 Å². The molecule has 0 aliphatic rings. The van der Waals surface area contributed by atoms with Gasteiger partial charge in [0.2, 0.25) is 0 Å². The van der Waals surface area contributed by atoms with Crippen LogP contribution in [-0.2, 0) is 7.05 Å². The normalized spacial score (nSPS) is 11.8. The number of benzene rings is 2. The van der Waals surface area contributed by atoms with Crippen LogP contribution in [0.2, 0.25) is 0 Å².